The minimum absolute atomic E-state index is 0.0124. The Hall–Kier alpha value is -1.51. The minimum atomic E-state index is -0.0124. The lowest BCUT2D eigenvalue weighted by Crippen LogP contribution is -2.19. The van der Waals surface area contributed by atoms with Gasteiger partial charge in [-0.25, -0.2) is 0 Å². The Morgan fingerprint density at radius 1 is 1.44 bits per heavy atom. The van der Waals surface area contributed by atoms with Gasteiger partial charge in [-0.15, -0.1) is 0 Å². The van der Waals surface area contributed by atoms with Gasteiger partial charge in [0.15, 0.2) is 0 Å². The lowest BCUT2D eigenvalue weighted by molar-refractivity contribution is -0.118. The molecule has 0 saturated heterocycles. The quantitative estimate of drug-likeness (QED) is 0.769. The number of anilines is 2. The lowest BCUT2D eigenvalue weighted by atomic mass is 10.0. The first-order valence-electron chi connectivity index (χ1n) is 5.65. The van der Waals surface area contributed by atoms with Crippen LogP contribution in [-0.4, -0.2) is 5.91 Å². The SMILES string of the molecule is CCc1cc(N)cc(C)c1NC(=O)C(C)C. The van der Waals surface area contributed by atoms with Gasteiger partial charge in [-0.2, -0.15) is 0 Å². The van der Waals surface area contributed by atoms with E-state index in [4.69, 9.17) is 5.73 Å². The average molecular weight is 220 g/mol. The number of amides is 1. The maximum Gasteiger partial charge on any atom is 0.226 e. The first kappa shape index (κ1) is 12.6. The van der Waals surface area contributed by atoms with Crippen LogP contribution >= 0.6 is 0 Å². The molecule has 0 bridgehead atoms. The van der Waals surface area contributed by atoms with Gasteiger partial charge >= 0.3 is 0 Å². The number of aryl methyl sites for hydroxylation is 2. The van der Waals surface area contributed by atoms with Crippen LogP contribution in [0.1, 0.15) is 31.9 Å². The highest BCUT2D eigenvalue weighted by atomic mass is 16.1. The molecule has 3 heteroatoms. The fraction of sp³-hybridized carbons (Fsp3) is 0.462. The number of hydrogen-bond acceptors (Lipinski definition) is 2. The third kappa shape index (κ3) is 2.75. The number of benzene rings is 1. The largest absolute Gasteiger partial charge is 0.399 e. The lowest BCUT2D eigenvalue weighted by Gasteiger charge is -2.15. The zero-order valence-electron chi connectivity index (χ0n) is 10.4. The standard InChI is InChI=1S/C13H20N2O/c1-5-10-7-11(14)6-9(4)12(10)15-13(16)8(2)3/h6-8H,5,14H2,1-4H3,(H,15,16). The number of nitrogens with one attached hydrogen (secondary N) is 1. The molecule has 0 aliphatic rings. The van der Waals surface area contributed by atoms with E-state index in [-0.39, 0.29) is 11.8 Å². The Morgan fingerprint density at radius 3 is 2.56 bits per heavy atom. The van der Waals surface area contributed by atoms with Gasteiger partial charge in [-0.05, 0) is 36.6 Å². The summed E-state index contributed by atoms with van der Waals surface area (Å²) in [6, 6.07) is 3.80. The van der Waals surface area contributed by atoms with Gasteiger partial charge in [0.05, 0.1) is 0 Å². The molecule has 0 atom stereocenters. The molecule has 0 unspecified atom stereocenters. The van der Waals surface area contributed by atoms with Gasteiger partial charge in [0.2, 0.25) is 5.91 Å². The summed E-state index contributed by atoms with van der Waals surface area (Å²) in [6.07, 6.45) is 0.861. The van der Waals surface area contributed by atoms with Crippen molar-refractivity contribution in [2.75, 3.05) is 11.1 Å². The van der Waals surface area contributed by atoms with E-state index < -0.39 is 0 Å². The van der Waals surface area contributed by atoms with E-state index in [1.165, 1.54) is 0 Å². The van der Waals surface area contributed by atoms with Gasteiger partial charge in [0.1, 0.15) is 0 Å². The molecular weight excluding hydrogens is 200 g/mol. The van der Waals surface area contributed by atoms with Gasteiger partial charge in [-0.3, -0.25) is 4.79 Å². The number of rotatable bonds is 3. The molecule has 0 spiro atoms. The molecule has 0 fully saturated rings. The monoisotopic (exact) mass is 220 g/mol. The van der Waals surface area contributed by atoms with Crippen LogP contribution in [0, 0.1) is 12.8 Å². The molecule has 3 N–H and O–H groups in total. The Kier molecular flexibility index (Phi) is 3.93. The number of carbonyl (C=O) groups excluding carboxylic acids is 1. The van der Waals surface area contributed by atoms with Gasteiger partial charge in [-0.1, -0.05) is 20.8 Å². The van der Waals surface area contributed by atoms with Crippen molar-refractivity contribution in [2.24, 2.45) is 5.92 Å². The van der Waals surface area contributed by atoms with Crippen LogP contribution in [0.4, 0.5) is 11.4 Å². The number of nitrogens with two attached hydrogens (primary N) is 1. The molecule has 0 aliphatic carbocycles. The van der Waals surface area contributed by atoms with E-state index in [2.05, 4.69) is 12.2 Å². The molecule has 0 aliphatic heterocycles. The van der Waals surface area contributed by atoms with Crippen LogP contribution in [0.2, 0.25) is 0 Å². The molecular formula is C13H20N2O. The summed E-state index contributed by atoms with van der Waals surface area (Å²) >= 11 is 0. The highest BCUT2D eigenvalue weighted by Crippen LogP contribution is 2.25. The summed E-state index contributed by atoms with van der Waals surface area (Å²) in [6.45, 7) is 7.78. The second-order valence-electron chi connectivity index (χ2n) is 4.37. The van der Waals surface area contributed by atoms with Crippen LogP contribution in [0.3, 0.4) is 0 Å². The Morgan fingerprint density at radius 2 is 2.06 bits per heavy atom. The molecule has 0 radical (unpaired) electrons. The van der Waals surface area contributed by atoms with Crippen LogP contribution in [0.15, 0.2) is 12.1 Å². The van der Waals surface area contributed by atoms with Crippen molar-refractivity contribution in [1.29, 1.82) is 0 Å². The highest BCUT2D eigenvalue weighted by Gasteiger charge is 2.12. The van der Waals surface area contributed by atoms with Crippen molar-refractivity contribution in [2.45, 2.75) is 34.1 Å². The predicted octanol–water partition coefficient (Wildman–Crippen LogP) is 2.73. The average Bonchev–Trinajstić information content (AvgIpc) is 2.21. The minimum Gasteiger partial charge on any atom is -0.399 e. The van der Waals surface area contributed by atoms with E-state index >= 15 is 0 Å². The Balaban J connectivity index is 3.07. The molecule has 88 valence electrons. The molecule has 16 heavy (non-hydrogen) atoms. The normalized spacial score (nSPS) is 10.6. The van der Waals surface area contributed by atoms with E-state index in [1.54, 1.807) is 0 Å². The van der Waals surface area contributed by atoms with Gasteiger partial charge < -0.3 is 11.1 Å². The summed E-state index contributed by atoms with van der Waals surface area (Å²) in [7, 11) is 0. The van der Waals surface area contributed by atoms with Crippen molar-refractivity contribution in [1.82, 2.24) is 0 Å². The third-order valence-electron chi connectivity index (χ3n) is 2.59. The molecule has 3 nitrogen and oxygen atoms in total. The predicted molar refractivity (Wildman–Crippen MR) is 68.4 cm³/mol. The topological polar surface area (TPSA) is 55.1 Å². The summed E-state index contributed by atoms with van der Waals surface area (Å²) < 4.78 is 0. The van der Waals surface area contributed by atoms with Crippen LogP contribution < -0.4 is 11.1 Å². The van der Waals surface area contributed by atoms with E-state index in [0.717, 1.165) is 28.9 Å². The molecule has 1 rings (SSSR count). The Bertz CT molecular complexity index is 397. The van der Waals surface area contributed by atoms with E-state index in [0.29, 0.717) is 0 Å². The summed E-state index contributed by atoms with van der Waals surface area (Å²) in [5.74, 6) is 0.0317. The van der Waals surface area contributed by atoms with Crippen LogP contribution in [0.25, 0.3) is 0 Å². The maximum absolute atomic E-state index is 11.7. The van der Waals surface area contributed by atoms with Crippen molar-refractivity contribution in [3.8, 4) is 0 Å². The fourth-order valence-electron chi connectivity index (χ4n) is 1.62. The maximum atomic E-state index is 11.7. The first-order valence-corrected chi connectivity index (χ1v) is 5.65. The van der Waals surface area contributed by atoms with Crippen molar-refractivity contribution >= 4 is 17.3 Å². The Labute approximate surface area is 97.0 Å². The highest BCUT2D eigenvalue weighted by molar-refractivity contribution is 5.94. The van der Waals surface area contributed by atoms with Crippen molar-refractivity contribution < 1.29 is 4.79 Å². The van der Waals surface area contributed by atoms with E-state index in [1.807, 2.05) is 32.9 Å². The van der Waals surface area contributed by atoms with Gasteiger partial charge in [0, 0.05) is 17.3 Å². The first-order chi connectivity index (χ1) is 7.45. The van der Waals surface area contributed by atoms with Crippen molar-refractivity contribution in [3.05, 3.63) is 23.3 Å². The summed E-state index contributed by atoms with van der Waals surface area (Å²) in [5, 5.41) is 2.96. The number of hydrogen-bond donors (Lipinski definition) is 2. The molecule has 0 aromatic heterocycles. The number of nitrogen functional groups attached to an aromatic ring is 1. The van der Waals surface area contributed by atoms with Crippen LogP contribution in [-0.2, 0) is 11.2 Å². The van der Waals surface area contributed by atoms with E-state index in [9.17, 15) is 4.79 Å². The number of carbonyl (C=O) groups is 1. The molecule has 1 aromatic rings. The second-order valence-corrected chi connectivity index (χ2v) is 4.37. The molecule has 1 aromatic carbocycles. The van der Waals surface area contributed by atoms with Crippen LogP contribution in [0.5, 0.6) is 0 Å². The fourth-order valence-corrected chi connectivity index (χ4v) is 1.62. The molecule has 0 heterocycles. The van der Waals surface area contributed by atoms with Crippen molar-refractivity contribution in [3.63, 3.8) is 0 Å². The summed E-state index contributed by atoms with van der Waals surface area (Å²) in [4.78, 5) is 11.7. The smallest absolute Gasteiger partial charge is 0.226 e. The summed E-state index contributed by atoms with van der Waals surface area (Å²) in [5.41, 5.74) is 9.55. The third-order valence-corrected chi connectivity index (χ3v) is 2.59. The molecule has 1 amide bonds. The van der Waals surface area contributed by atoms with Gasteiger partial charge in [0.25, 0.3) is 0 Å². The zero-order chi connectivity index (χ0) is 12.3. The zero-order valence-corrected chi connectivity index (χ0v) is 10.4. The molecule has 0 saturated carbocycles. The second kappa shape index (κ2) is 5.01.